The second-order valence-corrected chi connectivity index (χ2v) is 6.62. The SMILES string of the molecule is CCOC(=O)/C(C(=S)NS(=O)(=O)c1ccc(C)cc1)=C(\C)N. The van der Waals surface area contributed by atoms with Gasteiger partial charge in [-0.05, 0) is 32.9 Å². The number of ether oxygens (including phenoxy) is 1. The van der Waals surface area contributed by atoms with E-state index in [-0.39, 0.29) is 27.8 Å². The number of nitrogens with two attached hydrogens (primary N) is 1. The zero-order chi connectivity index (χ0) is 16.9. The van der Waals surface area contributed by atoms with Gasteiger partial charge in [-0.1, -0.05) is 29.9 Å². The van der Waals surface area contributed by atoms with Gasteiger partial charge >= 0.3 is 5.97 Å². The van der Waals surface area contributed by atoms with Crippen LogP contribution in [0.25, 0.3) is 0 Å². The van der Waals surface area contributed by atoms with Gasteiger partial charge in [-0.2, -0.15) is 0 Å². The van der Waals surface area contributed by atoms with Gasteiger partial charge in [-0.25, -0.2) is 13.2 Å². The number of hydrogen-bond donors (Lipinski definition) is 2. The lowest BCUT2D eigenvalue weighted by atomic mass is 10.2. The minimum absolute atomic E-state index is 0.0401. The first-order valence-electron chi connectivity index (χ1n) is 6.46. The molecule has 120 valence electrons. The average molecular weight is 342 g/mol. The minimum atomic E-state index is -3.89. The summed E-state index contributed by atoms with van der Waals surface area (Å²) in [5.41, 5.74) is 6.44. The van der Waals surface area contributed by atoms with Crippen molar-refractivity contribution in [3.63, 3.8) is 0 Å². The van der Waals surface area contributed by atoms with Crippen LogP contribution < -0.4 is 10.5 Å². The monoisotopic (exact) mass is 342 g/mol. The van der Waals surface area contributed by atoms with E-state index in [9.17, 15) is 13.2 Å². The molecule has 0 amide bonds. The molecule has 22 heavy (non-hydrogen) atoms. The predicted octanol–water partition coefficient (Wildman–Crippen LogP) is 1.40. The van der Waals surface area contributed by atoms with Crippen molar-refractivity contribution in [3.05, 3.63) is 41.1 Å². The maximum absolute atomic E-state index is 12.2. The van der Waals surface area contributed by atoms with Crippen LogP contribution in [-0.4, -0.2) is 26.0 Å². The lowest BCUT2D eigenvalue weighted by Crippen LogP contribution is -2.34. The molecule has 8 heteroatoms. The summed E-state index contributed by atoms with van der Waals surface area (Å²) in [6.45, 7) is 5.04. The molecule has 0 fully saturated rings. The summed E-state index contributed by atoms with van der Waals surface area (Å²) in [4.78, 5) is 11.6. The molecule has 0 aliphatic carbocycles. The number of sulfonamides is 1. The van der Waals surface area contributed by atoms with Gasteiger partial charge < -0.3 is 10.5 Å². The number of nitrogens with one attached hydrogen (secondary N) is 1. The van der Waals surface area contributed by atoms with Crippen LogP contribution in [0.15, 0.2) is 40.4 Å². The van der Waals surface area contributed by atoms with Gasteiger partial charge in [0.2, 0.25) is 0 Å². The van der Waals surface area contributed by atoms with Crippen LogP contribution in [-0.2, 0) is 19.6 Å². The topological polar surface area (TPSA) is 98.5 Å². The highest BCUT2D eigenvalue weighted by molar-refractivity contribution is 7.92. The van der Waals surface area contributed by atoms with Crippen LogP contribution in [0.3, 0.4) is 0 Å². The van der Waals surface area contributed by atoms with Crippen LogP contribution in [0.1, 0.15) is 19.4 Å². The standard InChI is InChI=1S/C14H18N2O4S2/c1-4-20-14(17)12(10(3)15)13(21)16-22(18,19)11-7-5-9(2)6-8-11/h5-8H,4,15H2,1-3H3,(H,16,21)/b12-10+. The third-order valence-corrected chi connectivity index (χ3v) is 4.46. The maximum atomic E-state index is 12.2. The molecule has 0 radical (unpaired) electrons. The van der Waals surface area contributed by atoms with Crippen molar-refractivity contribution in [3.8, 4) is 0 Å². The summed E-state index contributed by atoms with van der Waals surface area (Å²) < 4.78 is 31.5. The summed E-state index contributed by atoms with van der Waals surface area (Å²) in [7, 11) is -3.89. The maximum Gasteiger partial charge on any atom is 0.342 e. The molecule has 0 saturated carbocycles. The average Bonchev–Trinajstić information content (AvgIpc) is 2.38. The number of carbonyl (C=O) groups is 1. The van der Waals surface area contributed by atoms with Crippen LogP contribution in [0.2, 0.25) is 0 Å². The summed E-state index contributed by atoms with van der Waals surface area (Å²) in [6.07, 6.45) is 0. The zero-order valence-corrected chi connectivity index (χ0v) is 14.2. The molecular weight excluding hydrogens is 324 g/mol. The fourth-order valence-corrected chi connectivity index (χ4v) is 3.12. The molecule has 3 N–H and O–H groups in total. The number of aryl methyl sites for hydroxylation is 1. The summed E-state index contributed by atoms with van der Waals surface area (Å²) >= 11 is 4.99. The summed E-state index contributed by atoms with van der Waals surface area (Å²) in [5, 5.41) is 0. The molecule has 6 nitrogen and oxygen atoms in total. The lowest BCUT2D eigenvalue weighted by molar-refractivity contribution is -0.137. The molecule has 0 atom stereocenters. The Balaban J connectivity index is 3.06. The molecular formula is C14H18N2O4S2. The van der Waals surface area contributed by atoms with Crippen LogP contribution in [0.5, 0.6) is 0 Å². The highest BCUT2D eigenvalue weighted by Crippen LogP contribution is 2.12. The molecule has 0 aliphatic rings. The van der Waals surface area contributed by atoms with Gasteiger partial charge in [0.15, 0.2) is 0 Å². The van der Waals surface area contributed by atoms with E-state index < -0.39 is 16.0 Å². The van der Waals surface area contributed by atoms with E-state index in [0.717, 1.165) is 5.56 Å². The Kier molecular flexibility index (Phi) is 6.07. The van der Waals surface area contributed by atoms with Gasteiger partial charge in [0.1, 0.15) is 10.6 Å². The van der Waals surface area contributed by atoms with Crippen molar-refractivity contribution in [2.24, 2.45) is 5.73 Å². The molecule has 1 rings (SSSR count). The Labute approximate surface area is 135 Å². The Morgan fingerprint density at radius 1 is 1.32 bits per heavy atom. The normalized spacial score (nSPS) is 12.3. The smallest absolute Gasteiger partial charge is 0.342 e. The zero-order valence-electron chi connectivity index (χ0n) is 12.5. The van der Waals surface area contributed by atoms with E-state index >= 15 is 0 Å². The highest BCUT2D eigenvalue weighted by atomic mass is 32.2. The predicted molar refractivity (Wildman–Crippen MR) is 87.6 cm³/mol. The number of carbonyl (C=O) groups excluding carboxylic acids is 1. The number of hydrogen-bond acceptors (Lipinski definition) is 6. The fraction of sp³-hybridized carbons (Fsp3) is 0.286. The number of esters is 1. The molecule has 0 spiro atoms. The first-order valence-corrected chi connectivity index (χ1v) is 8.35. The Morgan fingerprint density at radius 2 is 1.86 bits per heavy atom. The van der Waals surface area contributed by atoms with Crippen LogP contribution in [0.4, 0.5) is 0 Å². The van der Waals surface area contributed by atoms with Gasteiger partial charge in [0.25, 0.3) is 10.0 Å². The van der Waals surface area contributed by atoms with Crippen molar-refractivity contribution >= 4 is 33.2 Å². The molecule has 0 aromatic heterocycles. The van der Waals surface area contributed by atoms with Crippen molar-refractivity contribution in [2.45, 2.75) is 25.7 Å². The third kappa shape index (κ3) is 4.54. The molecule has 0 saturated heterocycles. The van der Waals surface area contributed by atoms with Crippen LogP contribution in [0, 0.1) is 6.92 Å². The molecule has 1 aromatic rings. The fourth-order valence-electron chi connectivity index (χ4n) is 1.59. The third-order valence-electron chi connectivity index (χ3n) is 2.66. The van der Waals surface area contributed by atoms with Gasteiger partial charge in [0, 0.05) is 5.70 Å². The minimum Gasteiger partial charge on any atom is -0.462 e. The van der Waals surface area contributed by atoms with Gasteiger partial charge in [0.05, 0.1) is 11.5 Å². The van der Waals surface area contributed by atoms with E-state index in [1.807, 2.05) is 6.92 Å². The Bertz CT molecular complexity index is 703. The highest BCUT2D eigenvalue weighted by Gasteiger charge is 2.23. The largest absolute Gasteiger partial charge is 0.462 e. The second-order valence-electron chi connectivity index (χ2n) is 4.53. The van der Waals surface area contributed by atoms with E-state index in [1.165, 1.54) is 19.1 Å². The molecule has 0 heterocycles. The lowest BCUT2D eigenvalue weighted by Gasteiger charge is -2.13. The molecule has 0 unspecified atom stereocenters. The first-order chi connectivity index (χ1) is 10.2. The van der Waals surface area contributed by atoms with E-state index in [2.05, 4.69) is 4.72 Å². The van der Waals surface area contributed by atoms with Gasteiger partial charge in [-0.15, -0.1) is 0 Å². The molecule has 0 bridgehead atoms. The quantitative estimate of drug-likeness (QED) is 0.477. The second kappa shape index (κ2) is 7.37. The van der Waals surface area contributed by atoms with E-state index in [0.29, 0.717) is 0 Å². The van der Waals surface area contributed by atoms with Crippen molar-refractivity contribution in [1.29, 1.82) is 0 Å². The first kappa shape index (κ1) is 18.1. The van der Waals surface area contributed by atoms with Crippen molar-refractivity contribution in [1.82, 2.24) is 4.72 Å². The molecule has 1 aromatic carbocycles. The number of rotatable bonds is 5. The Hall–Kier alpha value is -1.93. The van der Waals surface area contributed by atoms with Crippen molar-refractivity contribution in [2.75, 3.05) is 6.61 Å². The number of allylic oxidation sites excluding steroid dienone is 1. The van der Waals surface area contributed by atoms with Crippen LogP contribution >= 0.6 is 12.2 Å². The van der Waals surface area contributed by atoms with Crippen molar-refractivity contribution < 1.29 is 17.9 Å². The van der Waals surface area contributed by atoms with E-state index in [4.69, 9.17) is 22.7 Å². The van der Waals surface area contributed by atoms with Gasteiger partial charge in [-0.3, -0.25) is 4.72 Å². The summed E-state index contributed by atoms with van der Waals surface area (Å²) in [5.74, 6) is -0.765. The number of benzene rings is 1. The molecule has 0 aliphatic heterocycles. The number of thiocarbonyl (C=S) groups is 1. The van der Waals surface area contributed by atoms with E-state index in [1.54, 1.807) is 19.1 Å². The Morgan fingerprint density at radius 3 is 2.32 bits per heavy atom. The summed E-state index contributed by atoms with van der Waals surface area (Å²) in [6, 6.07) is 6.22.